The van der Waals surface area contributed by atoms with Crippen LogP contribution in [0.4, 0.5) is 0 Å². The summed E-state index contributed by atoms with van der Waals surface area (Å²) < 4.78 is 7.67. The lowest BCUT2D eigenvalue weighted by Crippen LogP contribution is -2.06. The van der Waals surface area contributed by atoms with Gasteiger partial charge in [0, 0.05) is 19.6 Å². The fourth-order valence-corrected chi connectivity index (χ4v) is 2.21. The topological polar surface area (TPSA) is 60.2 Å². The summed E-state index contributed by atoms with van der Waals surface area (Å²) in [5.41, 5.74) is 3.09. The van der Waals surface area contributed by atoms with E-state index >= 15 is 0 Å². The summed E-state index contributed by atoms with van der Waals surface area (Å²) in [6.07, 6.45) is 2.54. The number of benzene rings is 1. The lowest BCUT2D eigenvalue weighted by molar-refractivity contribution is 0.298. The molecule has 1 heterocycles. The zero-order valence-electron chi connectivity index (χ0n) is 12.7. The highest BCUT2D eigenvalue weighted by atomic mass is 16.5. The molecule has 5 nitrogen and oxygen atoms in total. The van der Waals surface area contributed by atoms with E-state index in [9.17, 15) is 0 Å². The largest absolute Gasteiger partial charge is 0.493 e. The fourth-order valence-electron chi connectivity index (χ4n) is 2.21. The number of para-hydroxylation sites is 1. The molecule has 0 aliphatic heterocycles. The Kier molecular flexibility index (Phi) is 5.75. The van der Waals surface area contributed by atoms with Crippen molar-refractivity contribution in [2.24, 2.45) is 0 Å². The quantitative estimate of drug-likeness (QED) is 0.757. The van der Waals surface area contributed by atoms with Crippen LogP contribution in [-0.2, 0) is 13.0 Å². The molecule has 1 aromatic heterocycles. The minimum atomic E-state index is 0.115. The maximum atomic E-state index is 8.94. The van der Waals surface area contributed by atoms with Gasteiger partial charge in [-0.15, -0.1) is 5.10 Å². The van der Waals surface area contributed by atoms with E-state index in [1.165, 1.54) is 5.56 Å². The first-order valence-electron chi connectivity index (χ1n) is 7.40. The molecular formula is C16H23N3O2. The Morgan fingerprint density at radius 1 is 1.19 bits per heavy atom. The van der Waals surface area contributed by atoms with Crippen LogP contribution in [0.25, 0.3) is 0 Å². The Bertz CT molecular complexity index is 566. The summed E-state index contributed by atoms with van der Waals surface area (Å²) in [6, 6.07) is 8.05. The van der Waals surface area contributed by atoms with Crippen LogP contribution in [0.1, 0.15) is 29.8 Å². The van der Waals surface area contributed by atoms with Crippen molar-refractivity contribution in [1.82, 2.24) is 15.0 Å². The summed E-state index contributed by atoms with van der Waals surface area (Å²) >= 11 is 0. The Morgan fingerprint density at radius 3 is 2.76 bits per heavy atom. The molecule has 0 unspecified atom stereocenters. The molecule has 0 aliphatic rings. The predicted octanol–water partition coefficient (Wildman–Crippen LogP) is 2.29. The number of aliphatic hydroxyl groups is 1. The third kappa shape index (κ3) is 4.29. The third-order valence-corrected chi connectivity index (χ3v) is 3.54. The van der Waals surface area contributed by atoms with Gasteiger partial charge in [0.1, 0.15) is 5.75 Å². The Hall–Kier alpha value is -1.88. The molecule has 2 rings (SSSR count). The number of hydrogen-bond donors (Lipinski definition) is 1. The van der Waals surface area contributed by atoms with Gasteiger partial charge in [-0.05, 0) is 38.3 Å². The number of aromatic nitrogens is 3. The van der Waals surface area contributed by atoms with Crippen LogP contribution in [0.15, 0.2) is 24.3 Å². The summed E-state index contributed by atoms with van der Waals surface area (Å²) in [6.45, 7) is 5.71. The fraction of sp³-hybridized carbons (Fsp3) is 0.500. The van der Waals surface area contributed by atoms with Gasteiger partial charge in [0.05, 0.1) is 18.0 Å². The van der Waals surface area contributed by atoms with E-state index in [2.05, 4.69) is 23.3 Å². The molecule has 0 amide bonds. The normalized spacial score (nSPS) is 10.8. The summed E-state index contributed by atoms with van der Waals surface area (Å²) in [7, 11) is 0. The monoisotopic (exact) mass is 289 g/mol. The highest BCUT2D eigenvalue weighted by Gasteiger charge is 2.07. The minimum absolute atomic E-state index is 0.115. The summed E-state index contributed by atoms with van der Waals surface area (Å²) in [4.78, 5) is 0. The lowest BCUT2D eigenvalue weighted by atomic mass is 10.2. The van der Waals surface area contributed by atoms with Crippen molar-refractivity contribution in [3.05, 3.63) is 41.2 Å². The van der Waals surface area contributed by atoms with Crippen LogP contribution < -0.4 is 4.74 Å². The molecule has 1 N–H and O–H groups in total. The van der Waals surface area contributed by atoms with Crippen LogP contribution in [0.2, 0.25) is 0 Å². The Morgan fingerprint density at radius 2 is 2.00 bits per heavy atom. The van der Waals surface area contributed by atoms with E-state index in [0.29, 0.717) is 13.0 Å². The van der Waals surface area contributed by atoms with Crippen molar-refractivity contribution in [1.29, 1.82) is 0 Å². The molecule has 0 atom stereocenters. The Balaban J connectivity index is 1.72. The zero-order valence-corrected chi connectivity index (χ0v) is 12.7. The van der Waals surface area contributed by atoms with Gasteiger partial charge >= 0.3 is 0 Å². The first-order valence-corrected chi connectivity index (χ1v) is 7.40. The smallest absolute Gasteiger partial charge is 0.122 e. The van der Waals surface area contributed by atoms with E-state index in [4.69, 9.17) is 9.84 Å². The summed E-state index contributed by atoms with van der Waals surface area (Å²) in [5, 5.41) is 17.1. The second kappa shape index (κ2) is 7.78. The maximum absolute atomic E-state index is 8.94. The molecule has 21 heavy (non-hydrogen) atoms. The number of rotatable bonds is 8. The van der Waals surface area contributed by atoms with Gasteiger partial charge < -0.3 is 9.84 Å². The molecule has 5 heteroatoms. The molecule has 2 aromatic rings. The zero-order chi connectivity index (χ0) is 15.1. The lowest BCUT2D eigenvalue weighted by Gasteiger charge is -2.09. The highest BCUT2D eigenvalue weighted by molar-refractivity contribution is 5.31. The number of aliphatic hydroxyl groups excluding tert-OH is 1. The molecule has 0 saturated heterocycles. The first-order chi connectivity index (χ1) is 10.2. The van der Waals surface area contributed by atoms with Crippen LogP contribution in [0, 0.1) is 13.8 Å². The number of unbranched alkanes of at least 4 members (excludes halogenated alkanes) is 1. The van der Waals surface area contributed by atoms with E-state index in [1.54, 1.807) is 0 Å². The van der Waals surface area contributed by atoms with Gasteiger partial charge in [0.2, 0.25) is 0 Å². The number of ether oxygens (including phenoxy) is 1. The van der Waals surface area contributed by atoms with Gasteiger partial charge in [-0.3, -0.25) is 0 Å². The average molecular weight is 289 g/mol. The molecule has 114 valence electrons. The number of hydrogen-bond acceptors (Lipinski definition) is 4. The van der Waals surface area contributed by atoms with Gasteiger partial charge in [0.25, 0.3) is 0 Å². The van der Waals surface area contributed by atoms with E-state index in [0.717, 1.165) is 36.5 Å². The van der Waals surface area contributed by atoms with E-state index in [1.807, 2.05) is 29.8 Å². The maximum Gasteiger partial charge on any atom is 0.122 e. The number of aryl methyl sites for hydroxylation is 2. The van der Waals surface area contributed by atoms with Crippen molar-refractivity contribution < 1.29 is 9.84 Å². The van der Waals surface area contributed by atoms with E-state index in [-0.39, 0.29) is 6.61 Å². The Labute approximate surface area is 125 Å². The van der Waals surface area contributed by atoms with Crippen LogP contribution in [0.5, 0.6) is 5.75 Å². The van der Waals surface area contributed by atoms with Crippen molar-refractivity contribution >= 4 is 0 Å². The van der Waals surface area contributed by atoms with Crippen molar-refractivity contribution in [2.45, 2.75) is 39.7 Å². The molecule has 0 fully saturated rings. The molecule has 0 radical (unpaired) electrons. The second-order valence-electron chi connectivity index (χ2n) is 5.14. The van der Waals surface area contributed by atoms with E-state index < -0.39 is 0 Å². The summed E-state index contributed by atoms with van der Waals surface area (Å²) in [5.74, 6) is 0.958. The van der Waals surface area contributed by atoms with Gasteiger partial charge in [-0.1, -0.05) is 23.4 Å². The first kappa shape index (κ1) is 15.5. The van der Waals surface area contributed by atoms with Crippen molar-refractivity contribution in [3.8, 4) is 5.75 Å². The SMILES string of the molecule is Cc1ccccc1OCCCCn1nnc(CCO)c1C. The molecule has 0 aliphatic carbocycles. The molecule has 0 bridgehead atoms. The minimum Gasteiger partial charge on any atom is -0.493 e. The van der Waals surface area contributed by atoms with Crippen LogP contribution in [0.3, 0.4) is 0 Å². The molecule has 1 aromatic carbocycles. The van der Waals surface area contributed by atoms with Crippen molar-refractivity contribution in [2.75, 3.05) is 13.2 Å². The van der Waals surface area contributed by atoms with Crippen LogP contribution >= 0.6 is 0 Å². The average Bonchev–Trinajstić information content (AvgIpc) is 2.82. The van der Waals surface area contributed by atoms with Crippen LogP contribution in [-0.4, -0.2) is 33.3 Å². The van der Waals surface area contributed by atoms with Gasteiger partial charge in [-0.2, -0.15) is 0 Å². The second-order valence-corrected chi connectivity index (χ2v) is 5.14. The predicted molar refractivity (Wildman–Crippen MR) is 81.5 cm³/mol. The highest BCUT2D eigenvalue weighted by Crippen LogP contribution is 2.16. The molecule has 0 saturated carbocycles. The molecular weight excluding hydrogens is 266 g/mol. The number of nitrogens with zero attached hydrogens (tertiary/aromatic N) is 3. The van der Waals surface area contributed by atoms with Gasteiger partial charge in [-0.25, -0.2) is 4.68 Å². The third-order valence-electron chi connectivity index (χ3n) is 3.54. The molecule has 0 spiro atoms. The standard InChI is InChI=1S/C16H23N3O2/c1-13-7-3-4-8-16(13)21-12-6-5-10-19-14(2)15(9-11-20)17-18-19/h3-4,7-8,20H,5-6,9-12H2,1-2H3. The van der Waals surface area contributed by atoms with Gasteiger partial charge in [0.15, 0.2) is 0 Å². The van der Waals surface area contributed by atoms with Crippen molar-refractivity contribution in [3.63, 3.8) is 0 Å².